The molecule has 3 heteroatoms. The smallest absolute Gasteiger partial charge is 0.0700 e. The van der Waals surface area contributed by atoms with E-state index in [1.54, 1.807) is 0 Å². The Hall–Kier alpha value is -0.900. The van der Waals surface area contributed by atoms with E-state index in [-0.39, 0.29) is 0 Å². The van der Waals surface area contributed by atoms with E-state index >= 15 is 0 Å². The van der Waals surface area contributed by atoms with Crippen LogP contribution in [0.1, 0.15) is 38.3 Å². The molecule has 1 fully saturated rings. The summed E-state index contributed by atoms with van der Waals surface area (Å²) in [6.07, 6.45) is 2.69. The van der Waals surface area contributed by atoms with Gasteiger partial charge in [-0.05, 0) is 24.9 Å². The van der Waals surface area contributed by atoms with Gasteiger partial charge < -0.3 is 10.1 Å². The van der Waals surface area contributed by atoms with Gasteiger partial charge in [0.05, 0.1) is 12.7 Å². The van der Waals surface area contributed by atoms with Crippen molar-refractivity contribution in [3.8, 4) is 0 Å². The third kappa shape index (κ3) is 4.58. The highest BCUT2D eigenvalue weighted by atomic mass is 16.5. The molecule has 1 aromatic carbocycles. The lowest BCUT2D eigenvalue weighted by Crippen LogP contribution is -2.45. The van der Waals surface area contributed by atoms with E-state index in [4.69, 9.17) is 4.74 Å². The molecule has 1 saturated heterocycles. The predicted molar refractivity (Wildman–Crippen MR) is 83.9 cm³/mol. The molecular weight excluding hydrogens is 248 g/mol. The Morgan fingerprint density at radius 3 is 2.80 bits per heavy atom. The molecule has 1 aliphatic rings. The fourth-order valence-corrected chi connectivity index (χ4v) is 2.74. The first-order valence-electron chi connectivity index (χ1n) is 7.95. The van der Waals surface area contributed by atoms with Crippen LogP contribution in [-0.2, 0) is 4.74 Å². The van der Waals surface area contributed by atoms with Crippen molar-refractivity contribution in [1.29, 1.82) is 0 Å². The summed E-state index contributed by atoms with van der Waals surface area (Å²) in [5, 5.41) is 3.68. The van der Waals surface area contributed by atoms with Crippen LogP contribution in [0.2, 0.25) is 0 Å². The summed E-state index contributed by atoms with van der Waals surface area (Å²) in [5.74, 6) is 0. The SMILES string of the molecule is CCCNC(CN1CCOC(CC)C1)c1ccccc1. The lowest BCUT2D eigenvalue weighted by molar-refractivity contribution is -0.0322. The molecule has 2 rings (SSSR count). The van der Waals surface area contributed by atoms with E-state index in [9.17, 15) is 0 Å². The summed E-state index contributed by atoms with van der Waals surface area (Å²) >= 11 is 0. The van der Waals surface area contributed by atoms with Gasteiger partial charge in [0.25, 0.3) is 0 Å². The van der Waals surface area contributed by atoms with E-state index in [1.807, 2.05) is 0 Å². The van der Waals surface area contributed by atoms with Crippen LogP contribution in [-0.4, -0.2) is 43.8 Å². The lowest BCUT2D eigenvalue weighted by Gasteiger charge is -2.35. The van der Waals surface area contributed by atoms with Gasteiger partial charge in [-0.1, -0.05) is 44.2 Å². The fourth-order valence-electron chi connectivity index (χ4n) is 2.74. The highest BCUT2D eigenvalue weighted by molar-refractivity contribution is 5.19. The normalized spacial score (nSPS) is 21.8. The maximum atomic E-state index is 5.76. The largest absolute Gasteiger partial charge is 0.376 e. The van der Waals surface area contributed by atoms with Crippen LogP contribution in [0.15, 0.2) is 30.3 Å². The zero-order chi connectivity index (χ0) is 14.2. The topological polar surface area (TPSA) is 24.5 Å². The molecule has 1 aromatic rings. The van der Waals surface area contributed by atoms with Gasteiger partial charge in [-0.2, -0.15) is 0 Å². The molecule has 1 aliphatic heterocycles. The standard InChI is InChI=1S/C17H28N2O/c1-3-10-18-17(15-8-6-5-7-9-15)14-19-11-12-20-16(4-2)13-19/h5-9,16-18H,3-4,10-14H2,1-2H3. The summed E-state index contributed by atoms with van der Waals surface area (Å²) in [6, 6.07) is 11.2. The van der Waals surface area contributed by atoms with E-state index in [2.05, 4.69) is 54.4 Å². The molecule has 2 atom stereocenters. The van der Waals surface area contributed by atoms with Crippen LogP contribution in [0, 0.1) is 0 Å². The molecule has 0 amide bonds. The van der Waals surface area contributed by atoms with Gasteiger partial charge in [0.1, 0.15) is 0 Å². The van der Waals surface area contributed by atoms with Crippen molar-refractivity contribution in [3.63, 3.8) is 0 Å². The van der Waals surface area contributed by atoms with Crippen LogP contribution in [0.3, 0.4) is 0 Å². The van der Waals surface area contributed by atoms with Gasteiger partial charge in [-0.25, -0.2) is 0 Å². The minimum Gasteiger partial charge on any atom is -0.376 e. The Bertz CT molecular complexity index is 369. The minimum absolute atomic E-state index is 0.409. The summed E-state index contributed by atoms with van der Waals surface area (Å²) in [7, 11) is 0. The highest BCUT2D eigenvalue weighted by Gasteiger charge is 2.22. The molecule has 0 aromatic heterocycles. The molecule has 2 unspecified atom stereocenters. The van der Waals surface area contributed by atoms with Crippen molar-refractivity contribution < 1.29 is 4.74 Å². The van der Waals surface area contributed by atoms with Crippen molar-refractivity contribution in [2.24, 2.45) is 0 Å². The Morgan fingerprint density at radius 2 is 2.10 bits per heavy atom. The molecular formula is C17H28N2O. The number of nitrogens with zero attached hydrogens (tertiary/aromatic N) is 1. The summed E-state index contributed by atoms with van der Waals surface area (Å²) in [4.78, 5) is 2.54. The highest BCUT2D eigenvalue weighted by Crippen LogP contribution is 2.17. The average molecular weight is 276 g/mol. The molecule has 20 heavy (non-hydrogen) atoms. The molecule has 1 heterocycles. The second-order valence-electron chi connectivity index (χ2n) is 5.58. The molecule has 0 bridgehead atoms. The van der Waals surface area contributed by atoms with Gasteiger partial charge in [0.15, 0.2) is 0 Å². The van der Waals surface area contributed by atoms with Gasteiger partial charge >= 0.3 is 0 Å². The molecule has 0 spiro atoms. The monoisotopic (exact) mass is 276 g/mol. The molecule has 0 aliphatic carbocycles. The van der Waals surface area contributed by atoms with Crippen molar-refractivity contribution in [3.05, 3.63) is 35.9 Å². The predicted octanol–water partition coefficient (Wildman–Crippen LogP) is 2.84. The van der Waals surface area contributed by atoms with E-state index < -0.39 is 0 Å². The zero-order valence-electron chi connectivity index (χ0n) is 12.8. The minimum atomic E-state index is 0.409. The van der Waals surface area contributed by atoms with Crippen molar-refractivity contribution in [2.75, 3.05) is 32.8 Å². The number of benzene rings is 1. The van der Waals surface area contributed by atoms with Crippen molar-refractivity contribution in [1.82, 2.24) is 10.2 Å². The first-order valence-corrected chi connectivity index (χ1v) is 7.95. The summed E-state index contributed by atoms with van der Waals surface area (Å²) < 4.78 is 5.76. The van der Waals surface area contributed by atoms with Crippen LogP contribution in [0.25, 0.3) is 0 Å². The van der Waals surface area contributed by atoms with Gasteiger partial charge in [-0.15, -0.1) is 0 Å². The van der Waals surface area contributed by atoms with E-state index in [0.29, 0.717) is 12.1 Å². The Morgan fingerprint density at radius 1 is 1.30 bits per heavy atom. The summed E-state index contributed by atoms with van der Waals surface area (Å²) in [6.45, 7) is 9.55. The number of ether oxygens (including phenoxy) is 1. The number of rotatable bonds is 7. The second kappa shape index (κ2) is 8.40. The Balaban J connectivity index is 1.96. The van der Waals surface area contributed by atoms with E-state index in [0.717, 1.165) is 39.2 Å². The second-order valence-corrected chi connectivity index (χ2v) is 5.58. The van der Waals surface area contributed by atoms with E-state index in [1.165, 1.54) is 12.0 Å². The van der Waals surface area contributed by atoms with Crippen LogP contribution >= 0.6 is 0 Å². The number of nitrogens with one attached hydrogen (secondary N) is 1. The zero-order valence-corrected chi connectivity index (χ0v) is 12.8. The first-order chi connectivity index (χ1) is 9.83. The number of morpholine rings is 1. The third-order valence-electron chi connectivity index (χ3n) is 3.96. The Kier molecular flexibility index (Phi) is 6.51. The van der Waals surface area contributed by atoms with Crippen molar-refractivity contribution >= 4 is 0 Å². The van der Waals surface area contributed by atoms with Crippen LogP contribution < -0.4 is 5.32 Å². The average Bonchev–Trinajstić information content (AvgIpc) is 2.52. The molecule has 1 N–H and O–H groups in total. The maximum Gasteiger partial charge on any atom is 0.0700 e. The summed E-state index contributed by atoms with van der Waals surface area (Å²) in [5.41, 5.74) is 1.39. The number of hydrogen-bond acceptors (Lipinski definition) is 3. The quantitative estimate of drug-likeness (QED) is 0.829. The molecule has 0 saturated carbocycles. The fraction of sp³-hybridized carbons (Fsp3) is 0.647. The van der Waals surface area contributed by atoms with Gasteiger partial charge in [0.2, 0.25) is 0 Å². The molecule has 3 nitrogen and oxygen atoms in total. The third-order valence-corrected chi connectivity index (χ3v) is 3.96. The van der Waals surface area contributed by atoms with Crippen LogP contribution in [0.5, 0.6) is 0 Å². The maximum absolute atomic E-state index is 5.76. The first kappa shape index (κ1) is 15.5. The Labute approximate surface area is 123 Å². The van der Waals surface area contributed by atoms with Gasteiger partial charge in [-0.3, -0.25) is 4.90 Å². The van der Waals surface area contributed by atoms with Crippen molar-refractivity contribution in [2.45, 2.75) is 38.8 Å². The molecule has 0 radical (unpaired) electrons. The van der Waals surface area contributed by atoms with Gasteiger partial charge in [0, 0.05) is 25.7 Å². The lowest BCUT2D eigenvalue weighted by atomic mass is 10.1. The molecule has 112 valence electrons. The number of hydrogen-bond donors (Lipinski definition) is 1. The van der Waals surface area contributed by atoms with Crippen LogP contribution in [0.4, 0.5) is 0 Å².